The topological polar surface area (TPSA) is 72.7 Å². The smallest absolute Gasteiger partial charge is 0.374 e. The molecule has 142 valence electrons. The van der Waals surface area contributed by atoms with Crippen LogP contribution in [0.2, 0.25) is 0 Å². The molecule has 0 aromatic carbocycles. The Balaban J connectivity index is 1.47. The number of hydrogen-bond donors (Lipinski definition) is 1. The fraction of sp³-hybridized carbons (Fsp3) is 0.571. The number of rotatable bonds is 4. The van der Waals surface area contributed by atoms with Gasteiger partial charge in [-0.15, -0.1) is 0 Å². The summed E-state index contributed by atoms with van der Waals surface area (Å²) in [4.78, 5) is 29.8. The van der Waals surface area contributed by atoms with Crippen molar-refractivity contribution < 1.29 is 14.3 Å². The molecular weight excluding hydrogens is 342 g/mol. The molecule has 0 unspecified atom stereocenters. The summed E-state index contributed by atoms with van der Waals surface area (Å²) in [5.74, 6) is 1.74. The number of nitrogens with zero attached hydrogens (tertiary/aromatic N) is 2. The first kappa shape index (κ1) is 16.8. The number of ether oxygens (including phenoxy) is 1. The number of imidazole rings is 1. The van der Waals surface area contributed by atoms with Gasteiger partial charge in [-0.2, -0.15) is 0 Å². The van der Waals surface area contributed by atoms with Gasteiger partial charge >= 0.3 is 5.97 Å². The number of nitrogens with one attached hydrogen (secondary N) is 1. The number of amides is 1. The lowest BCUT2D eigenvalue weighted by Gasteiger charge is -2.56. The van der Waals surface area contributed by atoms with Gasteiger partial charge in [0.25, 0.3) is 5.91 Å². The van der Waals surface area contributed by atoms with Gasteiger partial charge in [0, 0.05) is 11.7 Å². The van der Waals surface area contributed by atoms with Crippen molar-refractivity contribution >= 4 is 17.4 Å². The number of carbonyl (C=O) groups is 2. The van der Waals surface area contributed by atoms with Gasteiger partial charge in [-0.1, -0.05) is 6.07 Å². The minimum absolute atomic E-state index is 0.0827. The molecule has 2 aromatic rings. The Bertz CT molecular complexity index is 881. The van der Waals surface area contributed by atoms with Crippen molar-refractivity contribution in [3.05, 3.63) is 35.9 Å². The van der Waals surface area contributed by atoms with Crippen LogP contribution in [0.5, 0.6) is 0 Å². The molecule has 2 heterocycles. The summed E-state index contributed by atoms with van der Waals surface area (Å²) in [6, 6.07) is 5.50. The number of esters is 1. The third-order valence-corrected chi connectivity index (χ3v) is 6.64. The summed E-state index contributed by atoms with van der Waals surface area (Å²) in [6.07, 6.45) is 8.99. The van der Waals surface area contributed by atoms with Crippen LogP contribution in [-0.4, -0.2) is 33.4 Å². The first-order valence-corrected chi connectivity index (χ1v) is 10.0. The van der Waals surface area contributed by atoms with Crippen LogP contribution in [0.25, 0.3) is 5.52 Å². The highest BCUT2D eigenvalue weighted by Gasteiger charge is 2.51. The van der Waals surface area contributed by atoms with Gasteiger partial charge in [0.05, 0.1) is 12.1 Å². The molecule has 0 spiro atoms. The van der Waals surface area contributed by atoms with E-state index in [4.69, 9.17) is 4.74 Å². The SMILES string of the molecule is CCOC(=O)c1nc(C(=O)NC23CC4CC(CC(C4)C2)C3)c2ccccn12. The molecule has 6 heteroatoms. The van der Waals surface area contributed by atoms with Crippen molar-refractivity contribution in [3.63, 3.8) is 0 Å². The molecule has 0 radical (unpaired) electrons. The van der Waals surface area contributed by atoms with Gasteiger partial charge in [0.1, 0.15) is 0 Å². The molecule has 6 rings (SSSR count). The highest BCUT2D eigenvalue weighted by molar-refractivity contribution is 6.01. The third kappa shape index (κ3) is 2.73. The molecule has 1 N–H and O–H groups in total. The lowest BCUT2D eigenvalue weighted by atomic mass is 9.53. The lowest BCUT2D eigenvalue weighted by molar-refractivity contribution is -0.0167. The van der Waals surface area contributed by atoms with Crippen LogP contribution in [0.15, 0.2) is 24.4 Å². The number of pyridine rings is 1. The van der Waals surface area contributed by atoms with E-state index >= 15 is 0 Å². The molecule has 0 aliphatic heterocycles. The summed E-state index contributed by atoms with van der Waals surface area (Å²) < 4.78 is 6.75. The van der Waals surface area contributed by atoms with Crippen LogP contribution in [0.3, 0.4) is 0 Å². The van der Waals surface area contributed by atoms with Gasteiger partial charge in [0.2, 0.25) is 5.82 Å². The summed E-state index contributed by atoms with van der Waals surface area (Å²) >= 11 is 0. The van der Waals surface area contributed by atoms with Crippen molar-refractivity contribution in [2.75, 3.05) is 6.61 Å². The van der Waals surface area contributed by atoms with E-state index in [1.165, 1.54) is 19.3 Å². The van der Waals surface area contributed by atoms with E-state index in [0.717, 1.165) is 37.0 Å². The van der Waals surface area contributed by atoms with Crippen LogP contribution >= 0.6 is 0 Å². The molecule has 4 fully saturated rings. The maximum Gasteiger partial charge on any atom is 0.374 e. The second kappa shape index (κ2) is 6.08. The van der Waals surface area contributed by atoms with E-state index in [0.29, 0.717) is 11.2 Å². The predicted molar refractivity (Wildman–Crippen MR) is 99.5 cm³/mol. The van der Waals surface area contributed by atoms with E-state index in [1.807, 2.05) is 18.2 Å². The average Bonchev–Trinajstić information content (AvgIpc) is 3.00. The Morgan fingerprint density at radius 1 is 1.19 bits per heavy atom. The molecule has 1 amide bonds. The number of fused-ring (bicyclic) bond motifs is 1. The van der Waals surface area contributed by atoms with E-state index in [2.05, 4.69) is 10.3 Å². The molecule has 27 heavy (non-hydrogen) atoms. The highest BCUT2D eigenvalue weighted by Crippen LogP contribution is 2.55. The lowest BCUT2D eigenvalue weighted by Crippen LogP contribution is -2.59. The Kier molecular flexibility index (Phi) is 3.78. The molecule has 4 bridgehead atoms. The van der Waals surface area contributed by atoms with Crippen LogP contribution < -0.4 is 5.32 Å². The maximum absolute atomic E-state index is 13.2. The second-order valence-electron chi connectivity index (χ2n) is 8.61. The monoisotopic (exact) mass is 367 g/mol. The molecule has 4 saturated carbocycles. The van der Waals surface area contributed by atoms with Crippen molar-refractivity contribution in [2.24, 2.45) is 17.8 Å². The Morgan fingerprint density at radius 3 is 2.48 bits per heavy atom. The van der Waals surface area contributed by atoms with Gasteiger partial charge in [-0.3, -0.25) is 9.20 Å². The minimum Gasteiger partial charge on any atom is -0.460 e. The quantitative estimate of drug-likeness (QED) is 0.842. The van der Waals surface area contributed by atoms with Crippen LogP contribution in [0, 0.1) is 17.8 Å². The largest absolute Gasteiger partial charge is 0.460 e. The first-order chi connectivity index (χ1) is 13.1. The molecule has 4 aliphatic rings. The zero-order valence-electron chi connectivity index (χ0n) is 15.6. The van der Waals surface area contributed by atoms with E-state index in [-0.39, 0.29) is 23.9 Å². The van der Waals surface area contributed by atoms with E-state index in [1.54, 1.807) is 17.5 Å². The minimum atomic E-state index is -0.507. The summed E-state index contributed by atoms with van der Waals surface area (Å²) in [5, 5.41) is 3.35. The summed E-state index contributed by atoms with van der Waals surface area (Å²) in [7, 11) is 0. The Labute approximate surface area is 158 Å². The van der Waals surface area contributed by atoms with Crippen molar-refractivity contribution in [2.45, 2.75) is 51.0 Å². The fourth-order valence-corrected chi connectivity index (χ4v) is 6.11. The first-order valence-electron chi connectivity index (χ1n) is 10.0. The summed E-state index contributed by atoms with van der Waals surface area (Å²) in [6.45, 7) is 2.03. The van der Waals surface area contributed by atoms with Gasteiger partial charge in [-0.25, -0.2) is 9.78 Å². The van der Waals surface area contributed by atoms with Crippen molar-refractivity contribution in [1.82, 2.24) is 14.7 Å². The molecule has 0 atom stereocenters. The standard InChI is InChI=1S/C21H25N3O3/c1-2-27-20(26)18-22-17(16-5-3-4-6-24(16)18)19(25)23-21-10-13-7-14(11-21)9-15(8-13)12-21/h3-6,13-15H,2,7-12H2,1H3,(H,23,25). The van der Waals surface area contributed by atoms with Crippen molar-refractivity contribution in [3.8, 4) is 0 Å². The zero-order valence-corrected chi connectivity index (χ0v) is 15.6. The van der Waals surface area contributed by atoms with Gasteiger partial charge < -0.3 is 10.1 Å². The second-order valence-corrected chi connectivity index (χ2v) is 8.61. The normalized spacial score (nSPS) is 31.2. The van der Waals surface area contributed by atoms with Crippen molar-refractivity contribution in [1.29, 1.82) is 0 Å². The Morgan fingerprint density at radius 2 is 1.85 bits per heavy atom. The Hall–Kier alpha value is -2.37. The summed E-state index contributed by atoms with van der Waals surface area (Å²) in [5.41, 5.74) is 0.873. The van der Waals surface area contributed by atoms with Crippen LogP contribution in [0.1, 0.15) is 66.6 Å². The molecule has 6 nitrogen and oxygen atoms in total. The van der Waals surface area contributed by atoms with E-state index in [9.17, 15) is 9.59 Å². The third-order valence-electron chi connectivity index (χ3n) is 6.64. The molecular formula is C21H25N3O3. The molecule has 4 aliphatic carbocycles. The van der Waals surface area contributed by atoms with E-state index < -0.39 is 5.97 Å². The van der Waals surface area contributed by atoms with Crippen LogP contribution in [-0.2, 0) is 4.74 Å². The number of hydrogen-bond acceptors (Lipinski definition) is 4. The average molecular weight is 367 g/mol. The number of carbonyl (C=O) groups excluding carboxylic acids is 2. The van der Waals surface area contributed by atoms with Gasteiger partial charge in [-0.05, 0) is 75.3 Å². The van der Waals surface area contributed by atoms with Gasteiger partial charge in [0.15, 0.2) is 5.69 Å². The highest BCUT2D eigenvalue weighted by atomic mass is 16.5. The molecule has 0 saturated heterocycles. The zero-order chi connectivity index (χ0) is 18.6. The number of aromatic nitrogens is 2. The molecule has 2 aromatic heterocycles. The maximum atomic E-state index is 13.2. The predicted octanol–water partition coefficient (Wildman–Crippen LogP) is 3.21. The fourth-order valence-electron chi connectivity index (χ4n) is 6.11. The van der Waals surface area contributed by atoms with Crippen LogP contribution in [0.4, 0.5) is 0 Å².